The molecular formula is C24H29ClFN3O3. The molecule has 6 nitrogen and oxygen atoms in total. The number of carbonyl (C=O) groups excluding carboxylic acids is 2. The van der Waals surface area contributed by atoms with Gasteiger partial charge in [-0.05, 0) is 63.3 Å². The van der Waals surface area contributed by atoms with Crippen LogP contribution < -0.4 is 5.32 Å². The number of benzene rings is 1. The van der Waals surface area contributed by atoms with E-state index >= 15 is 0 Å². The summed E-state index contributed by atoms with van der Waals surface area (Å²) in [6.07, 6.45) is 2.91. The normalized spacial score (nSPS) is 16.6. The van der Waals surface area contributed by atoms with Gasteiger partial charge in [-0.25, -0.2) is 14.2 Å². The van der Waals surface area contributed by atoms with Gasteiger partial charge in [0.1, 0.15) is 17.2 Å². The number of aromatic nitrogens is 1. The fraction of sp³-hybridized carbons (Fsp3) is 0.458. The van der Waals surface area contributed by atoms with E-state index in [1.807, 2.05) is 27.7 Å². The molecule has 0 radical (unpaired) electrons. The summed E-state index contributed by atoms with van der Waals surface area (Å²) >= 11 is 6.35. The standard InChI is InChI=1S/C24H29ClFN3O3/c1-5-16-17(9-6-10-20(16)26)18-12-21(27-13-19(18)25)28-22(30)15-8-7-11-29(14-15)23(31)32-24(2,3)4/h6,9-10,12-13,15H,5,7-8,11,14H2,1-4H3,(H,27,28,30)/t15-/m1/s1. The van der Waals surface area contributed by atoms with Gasteiger partial charge >= 0.3 is 6.09 Å². The molecule has 1 aromatic heterocycles. The molecule has 1 aliphatic rings. The molecule has 2 heterocycles. The lowest BCUT2D eigenvalue weighted by Gasteiger charge is -2.33. The largest absolute Gasteiger partial charge is 0.444 e. The van der Waals surface area contributed by atoms with Crippen LogP contribution in [0.1, 0.15) is 46.1 Å². The maximum Gasteiger partial charge on any atom is 0.410 e. The summed E-state index contributed by atoms with van der Waals surface area (Å²) in [7, 11) is 0. The molecule has 0 spiro atoms. The zero-order valence-electron chi connectivity index (χ0n) is 18.9. The van der Waals surface area contributed by atoms with E-state index in [9.17, 15) is 14.0 Å². The Kier molecular flexibility index (Phi) is 7.39. The van der Waals surface area contributed by atoms with E-state index in [4.69, 9.17) is 16.3 Å². The van der Waals surface area contributed by atoms with Gasteiger partial charge in [0.25, 0.3) is 0 Å². The summed E-state index contributed by atoms with van der Waals surface area (Å²) in [6.45, 7) is 8.15. The lowest BCUT2D eigenvalue weighted by Crippen LogP contribution is -2.45. The highest BCUT2D eigenvalue weighted by Crippen LogP contribution is 2.33. The first-order valence-corrected chi connectivity index (χ1v) is 11.2. The highest BCUT2D eigenvalue weighted by atomic mass is 35.5. The van der Waals surface area contributed by atoms with Crippen molar-refractivity contribution >= 4 is 29.4 Å². The lowest BCUT2D eigenvalue weighted by atomic mass is 9.97. The van der Waals surface area contributed by atoms with Gasteiger partial charge in [0, 0.05) is 24.8 Å². The summed E-state index contributed by atoms with van der Waals surface area (Å²) in [5.41, 5.74) is 1.24. The molecule has 1 N–H and O–H groups in total. The van der Waals surface area contributed by atoms with Crippen LogP contribution >= 0.6 is 11.6 Å². The Morgan fingerprint density at radius 2 is 2.06 bits per heavy atom. The second-order valence-corrected chi connectivity index (χ2v) is 9.33. The van der Waals surface area contributed by atoms with Crippen LogP contribution in [0.4, 0.5) is 15.0 Å². The van der Waals surface area contributed by atoms with Crippen molar-refractivity contribution in [2.45, 2.75) is 52.6 Å². The quantitative estimate of drug-likeness (QED) is 0.635. The number of hydrogen-bond donors (Lipinski definition) is 1. The topological polar surface area (TPSA) is 71.5 Å². The number of nitrogens with zero attached hydrogens (tertiary/aromatic N) is 2. The number of anilines is 1. The summed E-state index contributed by atoms with van der Waals surface area (Å²) in [6, 6.07) is 6.50. The first-order valence-electron chi connectivity index (χ1n) is 10.8. The molecule has 0 aliphatic carbocycles. The van der Waals surface area contributed by atoms with E-state index in [2.05, 4.69) is 10.3 Å². The van der Waals surface area contributed by atoms with Gasteiger partial charge in [-0.1, -0.05) is 30.7 Å². The van der Waals surface area contributed by atoms with Gasteiger partial charge < -0.3 is 15.0 Å². The maximum absolute atomic E-state index is 14.3. The number of rotatable bonds is 4. The van der Waals surface area contributed by atoms with Crippen molar-refractivity contribution in [3.8, 4) is 11.1 Å². The smallest absolute Gasteiger partial charge is 0.410 e. The Labute approximate surface area is 193 Å². The van der Waals surface area contributed by atoms with Gasteiger partial charge in [0.15, 0.2) is 0 Å². The van der Waals surface area contributed by atoms with Gasteiger partial charge in [-0.2, -0.15) is 0 Å². The zero-order valence-corrected chi connectivity index (χ0v) is 19.6. The Hall–Kier alpha value is -2.67. The zero-order chi connectivity index (χ0) is 23.5. The third-order valence-corrected chi connectivity index (χ3v) is 5.61. The monoisotopic (exact) mass is 461 g/mol. The predicted molar refractivity (Wildman–Crippen MR) is 123 cm³/mol. The molecule has 1 fully saturated rings. The second kappa shape index (κ2) is 9.86. The number of piperidine rings is 1. The predicted octanol–water partition coefficient (Wildman–Crippen LogP) is 5.69. The second-order valence-electron chi connectivity index (χ2n) is 8.92. The summed E-state index contributed by atoms with van der Waals surface area (Å²) in [4.78, 5) is 31.1. The minimum absolute atomic E-state index is 0.228. The van der Waals surface area contributed by atoms with E-state index in [0.717, 1.165) is 0 Å². The molecule has 0 bridgehead atoms. The lowest BCUT2D eigenvalue weighted by molar-refractivity contribution is -0.121. The molecular weight excluding hydrogens is 433 g/mol. The van der Waals surface area contributed by atoms with E-state index in [-0.39, 0.29) is 24.2 Å². The summed E-state index contributed by atoms with van der Waals surface area (Å²) < 4.78 is 19.7. The molecule has 2 amide bonds. The summed E-state index contributed by atoms with van der Waals surface area (Å²) in [5, 5.41) is 3.20. The average molecular weight is 462 g/mol. The molecule has 1 aliphatic heterocycles. The number of halogens is 2. The van der Waals surface area contributed by atoms with Gasteiger partial charge in [-0.3, -0.25) is 4.79 Å². The van der Waals surface area contributed by atoms with Crippen LogP contribution in [0, 0.1) is 11.7 Å². The van der Waals surface area contributed by atoms with Gasteiger partial charge in [0.05, 0.1) is 10.9 Å². The van der Waals surface area contributed by atoms with Crippen LogP contribution in [0.5, 0.6) is 0 Å². The van der Waals surface area contributed by atoms with Gasteiger partial charge in [0.2, 0.25) is 5.91 Å². The number of pyridine rings is 1. The number of carbonyl (C=O) groups is 2. The van der Waals surface area contributed by atoms with Gasteiger partial charge in [-0.15, -0.1) is 0 Å². The van der Waals surface area contributed by atoms with Crippen molar-refractivity contribution in [1.29, 1.82) is 0 Å². The number of likely N-dealkylation sites (tertiary alicyclic amines) is 1. The molecule has 32 heavy (non-hydrogen) atoms. The molecule has 1 aromatic carbocycles. The number of hydrogen-bond acceptors (Lipinski definition) is 4. The number of amides is 2. The third-order valence-electron chi connectivity index (χ3n) is 5.31. The van der Waals surface area contributed by atoms with Crippen molar-refractivity contribution in [2.75, 3.05) is 18.4 Å². The third kappa shape index (κ3) is 5.76. The highest BCUT2D eigenvalue weighted by Gasteiger charge is 2.31. The van der Waals surface area contributed by atoms with Crippen LogP contribution in [0.2, 0.25) is 5.02 Å². The maximum atomic E-state index is 14.3. The van der Waals surface area contributed by atoms with Crippen molar-refractivity contribution in [3.05, 3.63) is 46.9 Å². The molecule has 3 rings (SSSR count). The molecule has 2 aromatic rings. The van der Waals surface area contributed by atoms with Crippen LogP contribution in [0.3, 0.4) is 0 Å². The van der Waals surface area contributed by atoms with Crippen molar-refractivity contribution in [1.82, 2.24) is 9.88 Å². The van der Waals surface area contributed by atoms with E-state index < -0.39 is 11.7 Å². The minimum Gasteiger partial charge on any atom is -0.444 e. The number of ether oxygens (including phenoxy) is 1. The Balaban J connectivity index is 1.75. The minimum atomic E-state index is -0.593. The Morgan fingerprint density at radius 1 is 1.31 bits per heavy atom. The molecule has 0 saturated carbocycles. The van der Waals surface area contributed by atoms with E-state index in [1.165, 1.54) is 12.3 Å². The fourth-order valence-electron chi connectivity index (χ4n) is 3.80. The molecule has 8 heteroatoms. The van der Waals surface area contributed by atoms with E-state index in [1.54, 1.807) is 23.1 Å². The molecule has 0 unspecified atom stereocenters. The average Bonchev–Trinajstić information content (AvgIpc) is 2.74. The first kappa shape index (κ1) is 24.0. The first-order chi connectivity index (χ1) is 15.1. The van der Waals surface area contributed by atoms with Crippen LogP contribution in [0.25, 0.3) is 11.1 Å². The van der Waals surface area contributed by atoms with Crippen LogP contribution in [-0.4, -0.2) is 40.6 Å². The fourth-order valence-corrected chi connectivity index (χ4v) is 4.00. The molecule has 1 atom stereocenters. The molecule has 1 saturated heterocycles. The highest BCUT2D eigenvalue weighted by molar-refractivity contribution is 6.33. The SMILES string of the molecule is CCc1c(F)cccc1-c1cc(NC(=O)[C@@H]2CCCN(C(=O)OC(C)(C)C)C2)ncc1Cl. The van der Waals surface area contributed by atoms with Crippen molar-refractivity contribution in [2.24, 2.45) is 5.92 Å². The molecule has 172 valence electrons. The van der Waals surface area contributed by atoms with Crippen molar-refractivity contribution in [3.63, 3.8) is 0 Å². The Bertz CT molecular complexity index is 1010. The summed E-state index contributed by atoms with van der Waals surface area (Å²) in [5.74, 6) is -0.574. The Morgan fingerprint density at radius 3 is 2.75 bits per heavy atom. The van der Waals surface area contributed by atoms with Crippen molar-refractivity contribution < 1.29 is 18.7 Å². The van der Waals surface area contributed by atoms with Crippen LogP contribution in [0.15, 0.2) is 30.5 Å². The van der Waals surface area contributed by atoms with E-state index in [0.29, 0.717) is 53.3 Å². The number of nitrogens with one attached hydrogen (secondary N) is 1. The van der Waals surface area contributed by atoms with Crippen LogP contribution in [-0.2, 0) is 16.0 Å².